The van der Waals surface area contributed by atoms with Crippen molar-refractivity contribution in [1.29, 1.82) is 0 Å². The van der Waals surface area contributed by atoms with Crippen LogP contribution in [0.15, 0.2) is 24.3 Å². The minimum Gasteiger partial charge on any atom is -0.355 e. The third kappa shape index (κ3) is 5.56. The monoisotopic (exact) mass is 337 g/mol. The summed E-state index contributed by atoms with van der Waals surface area (Å²) in [6.45, 7) is 2.48. The third-order valence-electron chi connectivity index (χ3n) is 3.78. The van der Waals surface area contributed by atoms with Gasteiger partial charge in [0.05, 0.1) is 0 Å². The molecule has 23 heavy (non-hydrogen) atoms. The first kappa shape index (κ1) is 17.3. The van der Waals surface area contributed by atoms with Crippen molar-refractivity contribution in [2.24, 2.45) is 0 Å². The number of hydrogen-bond donors (Lipinski definition) is 1. The molecule has 1 aliphatic rings. The van der Waals surface area contributed by atoms with Crippen molar-refractivity contribution in [3.8, 4) is 0 Å². The van der Waals surface area contributed by atoms with Gasteiger partial charge in [-0.05, 0) is 24.1 Å². The van der Waals surface area contributed by atoms with Gasteiger partial charge in [-0.15, -0.1) is 0 Å². The first-order valence-electron chi connectivity index (χ1n) is 7.57. The molecule has 7 heteroatoms. The number of halogens is 1. The second-order valence-corrected chi connectivity index (χ2v) is 5.86. The summed E-state index contributed by atoms with van der Waals surface area (Å²) in [6, 6.07) is 7.43. The summed E-state index contributed by atoms with van der Waals surface area (Å²) < 4.78 is 0. The Morgan fingerprint density at radius 3 is 2.39 bits per heavy atom. The largest absolute Gasteiger partial charge is 0.355 e. The molecule has 3 amide bonds. The van der Waals surface area contributed by atoms with Crippen molar-refractivity contribution in [3.05, 3.63) is 34.9 Å². The average molecular weight is 338 g/mol. The summed E-state index contributed by atoms with van der Waals surface area (Å²) in [5, 5.41) is 3.43. The van der Waals surface area contributed by atoms with Gasteiger partial charge in [-0.25, -0.2) is 0 Å². The average Bonchev–Trinajstić information content (AvgIpc) is 2.56. The van der Waals surface area contributed by atoms with Gasteiger partial charge in [0.1, 0.15) is 6.42 Å². The summed E-state index contributed by atoms with van der Waals surface area (Å²) in [7, 11) is 0. The Morgan fingerprint density at radius 2 is 1.78 bits per heavy atom. The number of nitrogens with one attached hydrogen (secondary N) is 1. The Morgan fingerprint density at radius 1 is 1.13 bits per heavy atom. The highest BCUT2D eigenvalue weighted by atomic mass is 35.5. The van der Waals surface area contributed by atoms with E-state index in [1.54, 1.807) is 21.9 Å². The van der Waals surface area contributed by atoms with E-state index in [0.29, 0.717) is 44.2 Å². The molecule has 0 aliphatic carbocycles. The number of benzene rings is 1. The van der Waals surface area contributed by atoms with E-state index in [1.807, 2.05) is 12.1 Å². The van der Waals surface area contributed by atoms with Gasteiger partial charge in [0.15, 0.2) is 0 Å². The van der Waals surface area contributed by atoms with Crippen molar-refractivity contribution in [2.45, 2.75) is 12.8 Å². The normalized spacial score (nSPS) is 14.5. The molecule has 0 unspecified atom stereocenters. The van der Waals surface area contributed by atoms with Crippen LogP contribution < -0.4 is 5.32 Å². The SMILES string of the molecule is O=CN1CCN(C(=O)CC(=O)NCCc2ccc(Cl)cc2)CC1. The topological polar surface area (TPSA) is 69.7 Å². The van der Waals surface area contributed by atoms with Gasteiger partial charge < -0.3 is 15.1 Å². The predicted octanol–water partition coefficient (Wildman–Crippen LogP) is 0.689. The van der Waals surface area contributed by atoms with Gasteiger partial charge in [0, 0.05) is 37.7 Å². The maximum absolute atomic E-state index is 12.0. The molecule has 0 saturated carbocycles. The highest BCUT2D eigenvalue weighted by Gasteiger charge is 2.21. The molecule has 2 rings (SSSR count). The van der Waals surface area contributed by atoms with Crippen LogP contribution in [0.5, 0.6) is 0 Å². The fraction of sp³-hybridized carbons (Fsp3) is 0.438. The Kier molecular flexibility index (Phi) is 6.40. The second-order valence-electron chi connectivity index (χ2n) is 5.43. The molecule has 6 nitrogen and oxygen atoms in total. The first-order valence-corrected chi connectivity index (χ1v) is 7.94. The van der Waals surface area contributed by atoms with Crippen LogP contribution in [0.3, 0.4) is 0 Å². The van der Waals surface area contributed by atoms with Crippen LogP contribution in [0.1, 0.15) is 12.0 Å². The van der Waals surface area contributed by atoms with Crippen molar-refractivity contribution >= 4 is 29.8 Å². The van der Waals surface area contributed by atoms with Gasteiger partial charge in [-0.2, -0.15) is 0 Å². The molecule has 1 N–H and O–H groups in total. The minimum absolute atomic E-state index is 0.151. The molecular formula is C16H20ClN3O3. The minimum atomic E-state index is -0.276. The number of nitrogens with zero attached hydrogens (tertiary/aromatic N) is 2. The summed E-state index contributed by atoms with van der Waals surface area (Å²) in [6.07, 6.45) is 1.32. The molecule has 0 radical (unpaired) electrons. The molecule has 0 atom stereocenters. The molecule has 1 aromatic carbocycles. The smallest absolute Gasteiger partial charge is 0.232 e. The fourth-order valence-corrected chi connectivity index (χ4v) is 2.51. The Hall–Kier alpha value is -2.08. The van der Waals surface area contributed by atoms with E-state index in [9.17, 15) is 14.4 Å². The van der Waals surface area contributed by atoms with Gasteiger partial charge in [0.25, 0.3) is 0 Å². The third-order valence-corrected chi connectivity index (χ3v) is 4.03. The van der Waals surface area contributed by atoms with E-state index in [-0.39, 0.29) is 18.2 Å². The zero-order valence-corrected chi connectivity index (χ0v) is 13.6. The summed E-state index contributed by atoms with van der Waals surface area (Å²) >= 11 is 5.81. The molecule has 1 heterocycles. The Bertz CT molecular complexity index is 554. The van der Waals surface area contributed by atoms with E-state index < -0.39 is 0 Å². The van der Waals surface area contributed by atoms with Crippen LogP contribution in [0.4, 0.5) is 0 Å². The quantitative estimate of drug-likeness (QED) is 0.613. The molecule has 0 aromatic heterocycles. The Labute approximate surface area is 140 Å². The lowest BCUT2D eigenvalue weighted by molar-refractivity contribution is -0.138. The molecule has 1 aromatic rings. The second kappa shape index (κ2) is 8.53. The summed E-state index contributed by atoms with van der Waals surface area (Å²) in [4.78, 5) is 37.7. The number of hydrogen-bond acceptors (Lipinski definition) is 3. The zero-order valence-electron chi connectivity index (χ0n) is 12.8. The lowest BCUT2D eigenvalue weighted by atomic mass is 10.1. The van der Waals surface area contributed by atoms with Crippen molar-refractivity contribution in [2.75, 3.05) is 32.7 Å². The zero-order chi connectivity index (χ0) is 16.7. The highest BCUT2D eigenvalue weighted by molar-refractivity contribution is 6.30. The maximum atomic E-state index is 12.0. The van der Waals surface area contributed by atoms with Gasteiger partial charge >= 0.3 is 0 Å². The first-order chi connectivity index (χ1) is 11.1. The van der Waals surface area contributed by atoms with Crippen molar-refractivity contribution in [1.82, 2.24) is 15.1 Å². The van der Waals surface area contributed by atoms with Gasteiger partial charge in [0.2, 0.25) is 18.2 Å². The lowest BCUT2D eigenvalue weighted by Gasteiger charge is -2.32. The number of piperazine rings is 1. The van der Waals surface area contributed by atoms with E-state index in [0.717, 1.165) is 12.0 Å². The molecule has 1 saturated heterocycles. The highest BCUT2D eigenvalue weighted by Crippen LogP contribution is 2.09. The summed E-state index contributed by atoms with van der Waals surface area (Å²) in [5.74, 6) is -0.471. The van der Waals surface area contributed by atoms with E-state index in [4.69, 9.17) is 11.6 Å². The van der Waals surface area contributed by atoms with Crippen LogP contribution in [0.25, 0.3) is 0 Å². The number of carbonyl (C=O) groups excluding carboxylic acids is 3. The van der Waals surface area contributed by atoms with E-state index >= 15 is 0 Å². The lowest BCUT2D eigenvalue weighted by Crippen LogP contribution is -2.49. The summed E-state index contributed by atoms with van der Waals surface area (Å²) in [5.41, 5.74) is 1.08. The molecule has 1 fully saturated rings. The van der Waals surface area contributed by atoms with Crippen LogP contribution >= 0.6 is 11.6 Å². The number of amides is 3. The van der Waals surface area contributed by atoms with Crippen LogP contribution in [-0.2, 0) is 20.8 Å². The molecular weight excluding hydrogens is 318 g/mol. The standard InChI is InChI=1S/C16H20ClN3O3/c17-14-3-1-13(2-4-14)5-6-18-15(22)11-16(23)20-9-7-19(12-21)8-10-20/h1-4,12H,5-11H2,(H,18,22). The van der Waals surface area contributed by atoms with Crippen LogP contribution in [-0.4, -0.2) is 60.7 Å². The maximum Gasteiger partial charge on any atom is 0.232 e. The van der Waals surface area contributed by atoms with Crippen molar-refractivity contribution in [3.63, 3.8) is 0 Å². The van der Waals surface area contributed by atoms with Gasteiger partial charge in [-0.3, -0.25) is 14.4 Å². The van der Waals surface area contributed by atoms with Gasteiger partial charge in [-0.1, -0.05) is 23.7 Å². The number of carbonyl (C=O) groups is 3. The fourth-order valence-electron chi connectivity index (χ4n) is 2.39. The van der Waals surface area contributed by atoms with E-state index in [2.05, 4.69) is 5.32 Å². The Balaban J connectivity index is 1.67. The molecule has 0 spiro atoms. The van der Waals surface area contributed by atoms with Crippen LogP contribution in [0, 0.1) is 0 Å². The van der Waals surface area contributed by atoms with E-state index in [1.165, 1.54) is 0 Å². The predicted molar refractivity (Wildman–Crippen MR) is 87.0 cm³/mol. The van der Waals surface area contributed by atoms with Crippen LogP contribution in [0.2, 0.25) is 5.02 Å². The van der Waals surface area contributed by atoms with Crippen molar-refractivity contribution < 1.29 is 14.4 Å². The molecule has 1 aliphatic heterocycles. The molecule has 0 bridgehead atoms. The molecule has 124 valence electrons. The number of rotatable bonds is 6.